The predicted molar refractivity (Wildman–Crippen MR) is 104 cm³/mol. The third-order valence-corrected chi connectivity index (χ3v) is 8.00. The summed E-state index contributed by atoms with van der Waals surface area (Å²) in [6.07, 6.45) is 1.54. The van der Waals surface area contributed by atoms with E-state index in [-0.39, 0.29) is 18.8 Å². The fourth-order valence-electron chi connectivity index (χ4n) is 2.79. The second-order valence-corrected chi connectivity index (χ2v) is 11.1. The van der Waals surface area contributed by atoms with Gasteiger partial charge in [0.2, 0.25) is 0 Å². The summed E-state index contributed by atoms with van der Waals surface area (Å²) in [6, 6.07) is 1.43. The minimum Gasteiger partial charge on any atom is -0.383 e. The Kier molecular flexibility index (Phi) is 7.85. The Morgan fingerprint density at radius 1 is 1.32 bits per heavy atom. The van der Waals surface area contributed by atoms with E-state index in [1.54, 1.807) is 6.92 Å². The Hall–Kier alpha value is -1.21. The molecular weight excluding hydrogens is 483 g/mol. The molecule has 0 saturated carbocycles. The Labute approximate surface area is 175 Å². The number of rotatable bonds is 10. The number of hydrogen-bond donors (Lipinski definition) is 5. The molecule has 1 aromatic heterocycles. The molecule has 1 aromatic rings. The molecule has 0 spiro atoms. The van der Waals surface area contributed by atoms with Crippen LogP contribution in [-0.4, -0.2) is 47.4 Å². The first-order valence-corrected chi connectivity index (χ1v) is 13.0. The third-order valence-electron chi connectivity index (χ3n) is 4.21. The second kappa shape index (κ2) is 9.34. The molecule has 4 atom stereocenters. The number of hydrogen-bond acceptors (Lipinski definition) is 10. The Balaban J connectivity index is 2.06. The van der Waals surface area contributed by atoms with Crippen LogP contribution in [0.1, 0.15) is 19.8 Å². The highest BCUT2D eigenvalue weighted by Crippen LogP contribution is 2.66. The Bertz CT molecular complexity index is 1040. The molecule has 1 fully saturated rings. The molecule has 31 heavy (non-hydrogen) atoms. The van der Waals surface area contributed by atoms with Gasteiger partial charge in [-0.3, -0.25) is 9.09 Å². The van der Waals surface area contributed by atoms with E-state index in [2.05, 4.69) is 20.2 Å². The van der Waals surface area contributed by atoms with Crippen LogP contribution >= 0.6 is 23.5 Å². The van der Waals surface area contributed by atoms with Gasteiger partial charge in [-0.25, -0.2) is 18.5 Å². The van der Waals surface area contributed by atoms with Crippen LogP contribution in [0.15, 0.2) is 29.2 Å². The van der Waals surface area contributed by atoms with E-state index >= 15 is 0 Å². The van der Waals surface area contributed by atoms with Gasteiger partial charge < -0.3 is 30.0 Å². The van der Waals surface area contributed by atoms with Gasteiger partial charge in [0.15, 0.2) is 0 Å². The molecule has 18 heteroatoms. The maximum Gasteiger partial charge on any atom is 0.490 e. The minimum atomic E-state index is -5.63. The summed E-state index contributed by atoms with van der Waals surface area (Å²) < 4.78 is 53.3. The molecular formula is C13H22N3O12P3. The van der Waals surface area contributed by atoms with Crippen LogP contribution in [0, 0.1) is 0 Å². The van der Waals surface area contributed by atoms with E-state index in [1.807, 2.05) is 0 Å². The fourth-order valence-corrected chi connectivity index (χ4v) is 5.86. The van der Waals surface area contributed by atoms with E-state index in [1.165, 1.54) is 16.8 Å². The molecule has 1 saturated heterocycles. The quantitative estimate of drug-likeness (QED) is 0.217. The van der Waals surface area contributed by atoms with E-state index in [9.17, 15) is 28.3 Å². The molecule has 0 radical (unpaired) electrons. The highest BCUT2D eigenvalue weighted by atomic mass is 31.3. The molecule has 1 aliphatic rings. The van der Waals surface area contributed by atoms with Crippen molar-refractivity contribution in [3.05, 3.63) is 34.9 Å². The maximum absolute atomic E-state index is 12.0. The lowest BCUT2D eigenvalue weighted by Gasteiger charge is -2.30. The average molecular weight is 505 g/mol. The smallest absolute Gasteiger partial charge is 0.383 e. The van der Waals surface area contributed by atoms with Crippen LogP contribution in [0.3, 0.4) is 0 Å². The largest absolute Gasteiger partial charge is 0.490 e. The molecule has 2 unspecified atom stereocenters. The molecule has 0 bridgehead atoms. The number of phosphoric ester groups is 1. The third kappa shape index (κ3) is 7.70. The summed E-state index contributed by atoms with van der Waals surface area (Å²) in [6.45, 7) is 4.75. The van der Waals surface area contributed by atoms with Gasteiger partial charge in [0.1, 0.15) is 11.4 Å². The molecule has 6 N–H and O–H groups in total. The van der Waals surface area contributed by atoms with E-state index in [4.69, 9.17) is 24.8 Å². The standard InChI is InChI=1S/C13H22N3O12P3/c1-9(2)13(8-25-30(21,22)28-31(23,24)27-29(18,19)20)5-3-10(26-13)7-16-6-4-11(14)15-12(16)17/h4,6,10H,1,3,5,7-8H2,2H3,(H,21,22)(H,23,24)(H2,14,15,17)(H2,18,19,20)/t10-,13+/m1/s1. The monoisotopic (exact) mass is 505 g/mol. The normalized spacial score (nSPS) is 25.6. The van der Waals surface area contributed by atoms with Crippen molar-refractivity contribution in [1.29, 1.82) is 0 Å². The first-order chi connectivity index (χ1) is 14.0. The van der Waals surface area contributed by atoms with Crippen LogP contribution in [0.2, 0.25) is 0 Å². The van der Waals surface area contributed by atoms with Gasteiger partial charge in [0.25, 0.3) is 0 Å². The number of anilines is 1. The number of aromatic nitrogens is 2. The number of ether oxygens (including phenoxy) is 1. The van der Waals surface area contributed by atoms with Gasteiger partial charge in [0, 0.05) is 6.20 Å². The lowest BCUT2D eigenvalue weighted by Crippen LogP contribution is -2.37. The van der Waals surface area contributed by atoms with Crippen molar-refractivity contribution in [2.45, 2.75) is 38.0 Å². The van der Waals surface area contributed by atoms with Crippen LogP contribution in [0.4, 0.5) is 5.82 Å². The zero-order valence-corrected chi connectivity index (χ0v) is 18.8. The van der Waals surface area contributed by atoms with E-state index in [0.29, 0.717) is 12.0 Å². The van der Waals surface area contributed by atoms with Crippen LogP contribution in [-0.2, 0) is 38.1 Å². The molecule has 1 aliphatic heterocycles. The molecule has 2 rings (SSSR count). The van der Waals surface area contributed by atoms with Gasteiger partial charge in [0.05, 0.1) is 19.3 Å². The topological polar surface area (TPSA) is 230 Å². The van der Waals surface area contributed by atoms with Crippen LogP contribution in [0.25, 0.3) is 0 Å². The van der Waals surface area contributed by atoms with Gasteiger partial charge in [-0.2, -0.15) is 13.6 Å². The number of nitrogen functional groups attached to an aromatic ring is 1. The average Bonchev–Trinajstić information content (AvgIpc) is 2.97. The lowest BCUT2D eigenvalue weighted by molar-refractivity contribution is -0.0519. The zero-order chi connectivity index (χ0) is 23.7. The van der Waals surface area contributed by atoms with E-state index < -0.39 is 47.5 Å². The highest BCUT2D eigenvalue weighted by Gasteiger charge is 2.46. The lowest BCUT2D eigenvalue weighted by atomic mass is 9.93. The first kappa shape index (κ1) is 26.0. The molecule has 2 heterocycles. The molecule has 0 amide bonds. The molecule has 176 valence electrons. The van der Waals surface area contributed by atoms with Crippen molar-refractivity contribution < 1.29 is 51.2 Å². The van der Waals surface area contributed by atoms with Gasteiger partial charge in [-0.15, -0.1) is 0 Å². The summed E-state index contributed by atoms with van der Waals surface area (Å²) in [5.74, 6) is 0.0564. The van der Waals surface area contributed by atoms with Gasteiger partial charge >= 0.3 is 29.2 Å². The van der Waals surface area contributed by atoms with Gasteiger partial charge in [-0.1, -0.05) is 6.58 Å². The maximum atomic E-state index is 12.0. The minimum absolute atomic E-state index is 0.0564. The van der Waals surface area contributed by atoms with Crippen molar-refractivity contribution in [2.75, 3.05) is 12.3 Å². The fraction of sp³-hybridized carbons (Fsp3) is 0.538. The van der Waals surface area contributed by atoms with Crippen molar-refractivity contribution in [3.63, 3.8) is 0 Å². The Morgan fingerprint density at radius 3 is 2.52 bits per heavy atom. The summed E-state index contributed by atoms with van der Waals surface area (Å²) in [4.78, 5) is 51.5. The second-order valence-electron chi connectivity index (χ2n) is 6.70. The summed E-state index contributed by atoms with van der Waals surface area (Å²) in [5.41, 5.74) is 3.93. The van der Waals surface area contributed by atoms with Crippen molar-refractivity contribution in [3.8, 4) is 0 Å². The zero-order valence-electron chi connectivity index (χ0n) is 16.1. The number of phosphoric acid groups is 3. The predicted octanol–water partition coefficient (Wildman–Crippen LogP) is 0.663. The van der Waals surface area contributed by atoms with Crippen LogP contribution in [0.5, 0.6) is 0 Å². The first-order valence-electron chi connectivity index (χ1n) is 8.48. The summed E-state index contributed by atoms with van der Waals surface area (Å²) >= 11 is 0. The molecule has 0 aliphatic carbocycles. The van der Waals surface area contributed by atoms with Crippen LogP contribution < -0.4 is 11.4 Å². The highest BCUT2D eigenvalue weighted by molar-refractivity contribution is 7.66. The summed E-state index contributed by atoms with van der Waals surface area (Å²) in [7, 11) is -16.4. The van der Waals surface area contributed by atoms with Crippen molar-refractivity contribution in [2.24, 2.45) is 0 Å². The summed E-state index contributed by atoms with van der Waals surface area (Å²) in [5, 5.41) is 0. The van der Waals surface area contributed by atoms with Gasteiger partial charge in [-0.05, 0) is 31.4 Å². The van der Waals surface area contributed by atoms with Crippen molar-refractivity contribution >= 4 is 29.3 Å². The Morgan fingerprint density at radius 2 is 1.97 bits per heavy atom. The van der Waals surface area contributed by atoms with E-state index in [0.717, 1.165) is 0 Å². The number of nitrogens with two attached hydrogens (primary N) is 1. The van der Waals surface area contributed by atoms with Crippen molar-refractivity contribution in [1.82, 2.24) is 9.55 Å². The SMILES string of the molecule is C=C(C)[C@@]1(COP(=O)(O)OP(=O)(O)OP(=O)(O)O)CC[C@H](Cn2ccc(N)nc2=O)O1. The molecule has 15 nitrogen and oxygen atoms in total. The molecule has 0 aromatic carbocycles. The number of nitrogens with zero attached hydrogens (tertiary/aromatic N) is 2.